The first-order chi connectivity index (χ1) is 9.67. The van der Waals surface area contributed by atoms with Crippen molar-refractivity contribution in [3.63, 3.8) is 0 Å². The summed E-state index contributed by atoms with van der Waals surface area (Å²) in [4.78, 5) is 1.37. The molecule has 2 N–H and O–H groups in total. The number of rotatable bonds is 7. The number of methoxy groups -OCH3 is 1. The highest BCUT2D eigenvalue weighted by Crippen LogP contribution is 2.34. The second kappa shape index (κ2) is 7.18. The Bertz CT molecular complexity index is 546. The van der Waals surface area contributed by atoms with Crippen molar-refractivity contribution in [3.05, 3.63) is 34.7 Å². The maximum Gasteiger partial charge on any atom is 0.0616 e. The number of hydrogen-bond donors (Lipinski definition) is 2. The first-order valence-electron chi connectivity index (χ1n) is 7.01. The third kappa shape index (κ3) is 3.38. The van der Waals surface area contributed by atoms with Gasteiger partial charge in [-0.25, -0.2) is 0 Å². The number of fused-ring (bicyclic) bond motifs is 1. The summed E-state index contributed by atoms with van der Waals surface area (Å²) in [7, 11) is 1.70. The van der Waals surface area contributed by atoms with Gasteiger partial charge in [-0.15, -0.1) is 11.3 Å². The van der Waals surface area contributed by atoms with E-state index in [0.717, 1.165) is 0 Å². The third-order valence-electron chi connectivity index (χ3n) is 3.60. The van der Waals surface area contributed by atoms with Crippen LogP contribution in [0.2, 0.25) is 0 Å². The van der Waals surface area contributed by atoms with Gasteiger partial charge in [0.05, 0.1) is 6.61 Å². The van der Waals surface area contributed by atoms with Crippen LogP contribution in [-0.2, 0) is 4.74 Å². The summed E-state index contributed by atoms with van der Waals surface area (Å²) in [6, 6.07) is 8.97. The lowest BCUT2D eigenvalue weighted by molar-refractivity contribution is 0.144. The molecule has 2 unspecified atom stereocenters. The van der Waals surface area contributed by atoms with Gasteiger partial charge in [-0.05, 0) is 37.3 Å². The minimum absolute atomic E-state index is 0.180. The van der Waals surface area contributed by atoms with Crippen LogP contribution in [0.1, 0.15) is 29.8 Å². The lowest BCUT2D eigenvalue weighted by atomic mass is 10.1. The summed E-state index contributed by atoms with van der Waals surface area (Å²) < 4.78 is 6.54. The quantitative estimate of drug-likeness (QED) is 0.823. The van der Waals surface area contributed by atoms with Gasteiger partial charge in [0.1, 0.15) is 0 Å². The number of thiophene rings is 1. The first kappa shape index (κ1) is 15.4. The number of aliphatic hydroxyl groups is 1. The molecule has 0 aliphatic rings. The van der Waals surface area contributed by atoms with E-state index < -0.39 is 0 Å². The monoisotopic (exact) mass is 293 g/mol. The molecule has 1 aromatic carbocycles. The van der Waals surface area contributed by atoms with E-state index in [9.17, 15) is 0 Å². The maximum atomic E-state index is 9.12. The van der Waals surface area contributed by atoms with Crippen LogP contribution in [-0.4, -0.2) is 31.5 Å². The van der Waals surface area contributed by atoms with E-state index in [1.807, 2.05) is 11.3 Å². The van der Waals surface area contributed by atoms with Crippen molar-refractivity contribution in [1.82, 2.24) is 5.32 Å². The zero-order valence-corrected chi connectivity index (χ0v) is 13.2. The molecule has 0 saturated carbocycles. The summed E-state index contributed by atoms with van der Waals surface area (Å²) in [5, 5.41) is 14.0. The molecule has 4 heteroatoms. The Morgan fingerprint density at radius 2 is 2.10 bits per heavy atom. The smallest absolute Gasteiger partial charge is 0.0616 e. The highest BCUT2D eigenvalue weighted by atomic mass is 32.1. The fraction of sp³-hybridized carbons (Fsp3) is 0.500. The zero-order valence-electron chi connectivity index (χ0n) is 12.3. The van der Waals surface area contributed by atoms with Gasteiger partial charge in [0, 0.05) is 35.4 Å². The van der Waals surface area contributed by atoms with Crippen molar-refractivity contribution >= 4 is 21.4 Å². The molecule has 0 fully saturated rings. The first-order valence-corrected chi connectivity index (χ1v) is 7.83. The predicted octanol–water partition coefficient (Wildman–Crippen LogP) is 3.26. The SMILES string of the molecule is COCC(CCO)NC(C)c1sc2ccccc2c1C. The number of benzene rings is 1. The summed E-state index contributed by atoms with van der Waals surface area (Å²) in [6.45, 7) is 5.16. The van der Waals surface area contributed by atoms with Gasteiger partial charge in [0.15, 0.2) is 0 Å². The average molecular weight is 293 g/mol. The minimum Gasteiger partial charge on any atom is -0.396 e. The topological polar surface area (TPSA) is 41.5 Å². The molecule has 0 spiro atoms. The normalized spacial score (nSPS) is 14.6. The van der Waals surface area contributed by atoms with E-state index in [1.165, 1.54) is 20.5 Å². The average Bonchev–Trinajstić information content (AvgIpc) is 2.77. The van der Waals surface area contributed by atoms with E-state index in [2.05, 4.69) is 43.4 Å². The highest BCUT2D eigenvalue weighted by molar-refractivity contribution is 7.19. The molecule has 110 valence electrons. The van der Waals surface area contributed by atoms with E-state index in [0.29, 0.717) is 13.0 Å². The number of hydrogen-bond acceptors (Lipinski definition) is 4. The number of nitrogens with one attached hydrogen (secondary N) is 1. The van der Waals surface area contributed by atoms with Crippen LogP contribution in [0.5, 0.6) is 0 Å². The summed E-state index contributed by atoms with van der Waals surface area (Å²) in [6.07, 6.45) is 0.710. The second-order valence-corrected chi connectivity index (χ2v) is 6.22. The van der Waals surface area contributed by atoms with Crippen molar-refractivity contribution in [2.24, 2.45) is 0 Å². The van der Waals surface area contributed by atoms with Crippen molar-refractivity contribution in [3.8, 4) is 0 Å². The lowest BCUT2D eigenvalue weighted by Gasteiger charge is -2.22. The molecule has 20 heavy (non-hydrogen) atoms. The molecular weight excluding hydrogens is 270 g/mol. The Labute approximate surface area is 124 Å². The van der Waals surface area contributed by atoms with Crippen LogP contribution in [0.3, 0.4) is 0 Å². The van der Waals surface area contributed by atoms with Crippen LogP contribution in [0.4, 0.5) is 0 Å². The van der Waals surface area contributed by atoms with Gasteiger partial charge in [-0.3, -0.25) is 0 Å². The fourth-order valence-corrected chi connectivity index (χ4v) is 3.83. The van der Waals surface area contributed by atoms with Crippen molar-refractivity contribution in [2.45, 2.75) is 32.4 Å². The van der Waals surface area contributed by atoms with Gasteiger partial charge in [0.25, 0.3) is 0 Å². The summed E-state index contributed by atoms with van der Waals surface area (Å²) >= 11 is 1.84. The molecule has 2 atom stereocenters. The Morgan fingerprint density at radius 3 is 2.75 bits per heavy atom. The van der Waals surface area contributed by atoms with Crippen LogP contribution in [0.15, 0.2) is 24.3 Å². The molecule has 1 aromatic heterocycles. The van der Waals surface area contributed by atoms with Gasteiger partial charge in [-0.1, -0.05) is 18.2 Å². The molecule has 0 amide bonds. The van der Waals surface area contributed by atoms with E-state index in [4.69, 9.17) is 9.84 Å². The lowest BCUT2D eigenvalue weighted by Crippen LogP contribution is -2.35. The van der Waals surface area contributed by atoms with Crippen molar-refractivity contribution in [1.29, 1.82) is 0 Å². The molecule has 0 radical (unpaired) electrons. The minimum atomic E-state index is 0.180. The van der Waals surface area contributed by atoms with Gasteiger partial charge in [0.2, 0.25) is 0 Å². The Kier molecular flexibility index (Phi) is 5.54. The molecular formula is C16H23NO2S. The number of ether oxygens (including phenoxy) is 1. The molecule has 0 bridgehead atoms. The molecule has 0 aliphatic heterocycles. The molecule has 1 heterocycles. The standard InChI is InChI=1S/C16H23NO2S/c1-11-14-6-4-5-7-15(14)20-16(11)12(2)17-13(8-9-18)10-19-3/h4-7,12-13,17-18H,8-10H2,1-3H3. The maximum absolute atomic E-state index is 9.12. The fourth-order valence-electron chi connectivity index (χ4n) is 2.61. The number of aryl methyl sites for hydroxylation is 1. The second-order valence-electron chi connectivity index (χ2n) is 5.14. The summed E-state index contributed by atoms with van der Waals surface area (Å²) in [5.41, 5.74) is 1.35. The van der Waals surface area contributed by atoms with Crippen LogP contribution < -0.4 is 5.32 Å². The number of aliphatic hydroxyl groups excluding tert-OH is 1. The Balaban J connectivity index is 2.17. The van der Waals surface area contributed by atoms with Crippen LogP contribution in [0.25, 0.3) is 10.1 Å². The molecule has 2 rings (SSSR count). The van der Waals surface area contributed by atoms with Crippen molar-refractivity contribution in [2.75, 3.05) is 20.3 Å². The molecule has 0 aliphatic carbocycles. The van der Waals surface area contributed by atoms with Gasteiger partial charge in [-0.2, -0.15) is 0 Å². The van der Waals surface area contributed by atoms with Crippen molar-refractivity contribution < 1.29 is 9.84 Å². The van der Waals surface area contributed by atoms with E-state index in [-0.39, 0.29) is 18.7 Å². The molecule has 0 saturated heterocycles. The van der Waals surface area contributed by atoms with Gasteiger partial charge >= 0.3 is 0 Å². The highest BCUT2D eigenvalue weighted by Gasteiger charge is 2.17. The Hall–Kier alpha value is -0.940. The van der Waals surface area contributed by atoms with E-state index in [1.54, 1.807) is 7.11 Å². The van der Waals surface area contributed by atoms with E-state index >= 15 is 0 Å². The predicted molar refractivity (Wildman–Crippen MR) is 85.5 cm³/mol. The zero-order chi connectivity index (χ0) is 14.5. The third-order valence-corrected chi connectivity index (χ3v) is 5.06. The largest absolute Gasteiger partial charge is 0.396 e. The Morgan fingerprint density at radius 1 is 1.35 bits per heavy atom. The van der Waals surface area contributed by atoms with Crippen LogP contribution >= 0.6 is 11.3 Å². The molecule has 3 nitrogen and oxygen atoms in total. The summed E-state index contributed by atoms with van der Waals surface area (Å²) in [5.74, 6) is 0. The van der Waals surface area contributed by atoms with Gasteiger partial charge < -0.3 is 15.2 Å². The molecule has 2 aromatic rings. The van der Waals surface area contributed by atoms with Crippen LogP contribution in [0, 0.1) is 6.92 Å².